The molecule has 0 aliphatic carbocycles. The summed E-state index contributed by atoms with van der Waals surface area (Å²) in [6, 6.07) is 6.99. The normalized spacial score (nSPS) is 12.3. The molecule has 1 unspecified atom stereocenters. The van der Waals surface area contributed by atoms with Gasteiger partial charge in [0.05, 0.1) is 17.6 Å². The van der Waals surface area contributed by atoms with Crippen molar-refractivity contribution in [2.24, 2.45) is 5.73 Å². The van der Waals surface area contributed by atoms with Gasteiger partial charge in [-0.3, -0.25) is 0 Å². The monoisotopic (exact) mass is 341 g/mol. The highest BCUT2D eigenvalue weighted by Gasteiger charge is 2.17. The molecule has 0 radical (unpaired) electrons. The van der Waals surface area contributed by atoms with Gasteiger partial charge in [0, 0.05) is 11.6 Å². The maximum absolute atomic E-state index is 13.5. The number of rotatable bonds is 3. The third-order valence-corrected chi connectivity index (χ3v) is 3.76. The van der Waals surface area contributed by atoms with Gasteiger partial charge in [0.1, 0.15) is 17.4 Å². The van der Waals surface area contributed by atoms with Gasteiger partial charge in [-0.05, 0) is 46.1 Å². The van der Waals surface area contributed by atoms with E-state index in [0.29, 0.717) is 21.3 Å². The zero-order chi connectivity index (χ0) is 14.9. The van der Waals surface area contributed by atoms with E-state index in [1.807, 2.05) is 0 Å². The van der Waals surface area contributed by atoms with Gasteiger partial charge in [0.15, 0.2) is 0 Å². The lowest BCUT2D eigenvalue weighted by molar-refractivity contribution is 0.404. The quantitative estimate of drug-likeness (QED) is 0.912. The van der Waals surface area contributed by atoms with Crippen LogP contribution in [-0.4, -0.2) is 7.11 Å². The minimum atomic E-state index is -0.527. The Hall–Kier alpha value is -1.46. The lowest BCUT2D eigenvalue weighted by Crippen LogP contribution is -2.14. The molecule has 0 heterocycles. The molecule has 0 aromatic heterocycles. The third-order valence-electron chi connectivity index (χ3n) is 3.15. The van der Waals surface area contributed by atoms with Gasteiger partial charge in [-0.25, -0.2) is 8.78 Å². The van der Waals surface area contributed by atoms with E-state index in [9.17, 15) is 8.78 Å². The predicted octanol–water partition coefficient (Wildman–Crippen LogP) is 4.09. The summed E-state index contributed by atoms with van der Waals surface area (Å²) in [5, 5.41) is 0. The Morgan fingerprint density at radius 1 is 1.15 bits per heavy atom. The fraction of sp³-hybridized carbons (Fsp3) is 0.200. The first-order valence-corrected chi connectivity index (χ1v) is 6.78. The summed E-state index contributed by atoms with van der Waals surface area (Å²) in [4.78, 5) is 0. The van der Waals surface area contributed by atoms with Crippen LogP contribution in [0.2, 0.25) is 0 Å². The van der Waals surface area contributed by atoms with Crippen molar-refractivity contribution in [2.75, 3.05) is 7.11 Å². The van der Waals surface area contributed by atoms with Crippen LogP contribution in [0.4, 0.5) is 8.78 Å². The maximum atomic E-state index is 13.5. The SMILES string of the molecule is COc1cc(F)c(Br)cc1C(N)c1ccc(F)c(C)c1. The van der Waals surface area contributed by atoms with Crippen LogP contribution in [0.1, 0.15) is 22.7 Å². The van der Waals surface area contributed by atoms with Crippen LogP contribution >= 0.6 is 15.9 Å². The van der Waals surface area contributed by atoms with Gasteiger partial charge in [0.2, 0.25) is 0 Å². The topological polar surface area (TPSA) is 35.2 Å². The third kappa shape index (κ3) is 2.83. The molecule has 2 nitrogen and oxygen atoms in total. The molecule has 106 valence electrons. The van der Waals surface area contributed by atoms with E-state index in [4.69, 9.17) is 10.5 Å². The molecule has 20 heavy (non-hydrogen) atoms. The molecule has 0 bridgehead atoms. The van der Waals surface area contributed by atoms with Crippen molar-refractivity contribution in [1.29, 1.82) is 0 Å². The highest BCUT2D eigenvalue weighted by molar-refractivity contribution is 9.10. The average Bonchev–Trinajstić information content (AvgIpc) is 2.43. The average molecular weight is 342 g/mol. The van der Waals surface area contributed by atoms with E-state index in [0.717, 1.165) is 5.56 Å². The first kappa shape index (κ1) is 14.9. The molecular weight excluding hydrogens is 328 g/mol. The Balaban J connectivity index is 2.49. The fourth-order valence-corrected chi connectivity index (χ4v) is 2.37. The standard InChI is InChI=1S/C15H14BrF2NO/c1-8-5-9(3-4-12(8)17)15(19)10-6-11(16)13(18)7-14(10)20-2/h3-7,15H,19H2,1-2H3. The summed E-state index contributed by atoms with van der Waals surface area (Å²) in [7, 11) is 1.45. The van der Waals surface area contributed by atoms with Gasteiger partial charge in [0.25, 0.3) is 0 Å². The number of aryl methyl sites for hydroxylation is 1. The molecule has 0 fully saturated rings. The van der Waals surface area contributed by atoms with Gasteiger partial charge < -0.3 is 10.5 Å². The molecule has 1 atom stereocenters. The Labute approximate surface area is 124 Å². The van der Waals surface area contributed by atoms with Crippen molar-refractivity contribution in [1.82, 2.24) is 0 Å². The number of benzene rings is 2. The van der Waals surface area contributed by atoms with E-state index in [1.54, 1.807) is 25.1 Å². The number of hydrogen-bond donors (Lipinski definition) is 1. The Morgan fingerprint density at radius 2 is 1.85 bits per heavy atom. The van der Waals surface area contributed by atoms with E-state index in [2.05, 4.69) is 15.9 Å². The van der Waals surface area contributed by atoms with Gasteiger partial charge in [-0.15, -0.1) is 0 Å². The van der Waals surface area contributed by atoms with Crippen LogP contribution in [0.5, 0.6) is 5.75 Å². The van der Waals surface area contributed by atoms with E-state index >= 15 is 0 Å². The highest BCUT2D eigenvalue weighted by atomic mass is 79.9. The molecule has 2 N–H and O–H groups in total. The molecule has 0 amide bonds. The second-order valence-corrected chi connectivity index (χ2v) is 5.35. The molecule has 2 rings (SSSR count). The largest absolute Gasteiger partial charge is 0.496 e. The number of nitrogens with two attached hydrogens (primary N) is 1. The van der Waals surface area contributed by atoms with Crippen molar-refractivity contribution in [3.63, 3.8) is 0 Å². The molecule has 0 spiro atoms. The van der Waals surface area contributed by atoms with Crippen molar-refractivity contribution in [3.05, 3.63) is 63.1 Å². The summed E-state index contributed by atoms with van der Waals surface area (Å²) in [6.07, 6.45) is 0. The lowest BCUT2D eigenvalue weighted by atomic mass is 9.97. The van der Waals surface area contributed by atoms with Crippen LogP contribution in [0.3, 0.4) is 0 Å². The lowest BCUT2D eigenvalue weighted by Gasteiger charge is -2.17. The van der Waals surface area contributed by atoms with Crippen molar-refractivity contribution in [2.45, 2.75) is 13.0 Å². The van der Waals surface area contributed by atoms with Crippen molar-refractivity contribution >= 4 is 15.9 Å². The highest BCUT2D eigenvalue weighted by Crippen LogP contribution is 2.33. The van der Waals surface area contributed by atoms with E-state index < -0.39 is 11.9 Å². The second kappa shape index (κ2) is 5.89. The first-order chi connectivity index (χ1) is 9.43. The number of halogens is 3. The maximum Gasteiger partial charge on any atom is 0.141 e. The van der Waals surface area contributed by atoms with E-state index in [1.165, 1.54) is 19.2 Å². The van der Waals surface area contributed by atoms with Crippen LogP contribution in [0.15, 0.2) is 34.8 Å². The first-order valence-electron chi connectivity index (χ1n) is 5.98. The molecular formula is C15H14BrF2NO. The number of methoxy groups -OCH3 is 1. The molecule has 2 aromatic carbocycles. The zero-order valence-electron chi connectivity index (χ0n) is 11.1. The summed E-state index contributed by atoms with van der Waals surface area (Å²) in [5.41, 5.74) is 8.07. The van der Waals surface area contributed by atoms with Gasteiger partial charge >= 0.3 is 0 Å². The summed E-state index contributed by atoms with van der Waals surface area (Å²) >= 11 is 3.13. The van der Waals surface area contributed by atoms with Crippen LogP contribution in [-0.2, 0) is 0 Å². The summed E-state index contributed by atoms with van der Waals surface area (Å²) < 4.78 is 32.3. The molecule has 0 aliphatic heterocycles. The molecule has 0 aliphatic rings. The smallest absolute Gasteiger partial charge is 0.141 e. The molecule has 0 saturated carbocycles. The number of hydrogen-bond acceptors (Lipinski definition) is 2. The molecule has 0 saturated heterocycles. The van der Waals surface area contributed by atoms with Crippen LogP contribution in [0, 0.1) is 18.6 Å². The van der Waals surface area contributed by atoms with Gasteiger partial charge in [-0.2, -0.15) is 0 Å². The van der Waals surface area contributed by atoms with Gasteiger partial charge in [-0.1, -0.05) is 12.1 Å². The zero-order valence-corrected chi connectivity index (χ0v) is 12.7. The second-order valence-electron chi connectivity index (χ2n) is 4.49. The molecule has 2 aromatic rings. The fourth-order valence-electron chi connectivity index (χ4n) is 2.00. The Bertz CT molecular complexity index is 646. The van der Waals surface area contributed by atoms with Crippen LogP contribution in [0.25, 0.3) is 0 Å². The number of ether oxygens (including phenoxy) is 1. The predicted molar refractivity (Wildman–Crippen MR) is 77.8 cm³/mol. The van der Waals surface area contributed by atoms with Crippen molar-refractivity contribution in [3.8, 4) is 5.75 Å². The van der Waals surface area contributed by atoms with Crippen LogP contribution < -0.4 is 10.5 Å². The van der Waals surface area contributed by atoms with E-state index in [-0.39, 0.29) is 5.82 Å². The Morgan fingerprint density at radius 3 is 2.45 bits per heavy atom. The summed E-state index contributed by atoms with van der Waals surface area (Å²) in [5.74, 6) is -0.346. The minimum Gasteiger partial charge on any atom is -0.496 e. The molecule has 5 heteroatoms. The van der Waals surface area contributed by atoms with Crippen molar-refractivity contribution < 1.29 is 13.5 Å². The summed E-state index contributed by atoms with van der Waals surface area (Å²) in [6.45, 7) is 1.67. The minimum absolute atomic E-state index is 0.284. The Kier molecular flexibility index (Phi) is 4.40.